The van der Waals surface area contributed by atoms with E-state index in [1.807, 2.05) is 18.2 Å². The Morgan fingerprint density at radius 3 is 2.50 bits per heavy atom. The van der Waals surface area contributed by atoms with Gasteiger partial charge in [0.15, 0.2) is 11.6 Å². The zero-order chi connectivity index (χ0) is 14.1. The zero-order valence-electron chi connectivity index (χ0n) is 10.8. The number of carbonyl (C=O) groups is 1. The second-order valence-electron chi connectivity index (χ2n) is 4.87. The smallest absolute Gasteiger partial charge is 0.254 e. The molecule has 0 saturated heterocycles. The molecule has 0 radical (unpaired) electrons. The molecule has 0 fully saturated rings. The third-order valence-corrected chi connectivity index (χ3v) is 3.58. The summed E-state index contributed by atoms with van der Waals surface area (Å²) in [6.45, 7) is 1.10. The van der Waals surface area contributed by atoms with E-state index in [0.29, 0.717) is 13.1 Å². The Morgan fingerprint density at radius 2 is 1.75 bits per heavy atom. The fourth-order valence-corrected chi connectivity index (χ4v) is 2.48. The van der Waals surface area contributed by atoms with E-state index in [1.165, 1.54) is 11.6 Å². The average molecular weight is 273 g/mol. The first-order chi connectivity index (χ1) is 9.65. The van der Waals surface area contributed by atoms with Crippen LogP contribution in [0.4, 0.5) is 8.78 Å². The molecule has 0 aliphatic carbocycles. The highest BCUT2D eigenvalue weighted by Gasteiger charge is 2.22. The van der Waals surface area contributed by atoms with E-state index < -0.39 is 11.6 Å². The Bertz CT molecular complexity index is 669. The van der Waals surface area contributed by atoms with Crippen LogP contribution in [0, 0.1) is 11.6 Å². The Balaban J connectivity index is 1.84. The molecule has 0 unspecified atom stereocenters. The van der Waals surface area contributed by atoms with E-state index in [9.17, 15) is 13.6 Å². The van der Waals surface area contributed by atoms with Crippen LogP contribution < -0.4 is 0 Å². The number of nitrogens with zero attached hydrogens (tertiary/aromatic N) is 1. The number of carbonyl (C=O) groups excluding carboxylic acids is 1. The summed E-state index contributed by atoms with van der Waals surface area (Å²) in [5.74, 6) is -2.20. The van der Waals surface area contributed by atoms with Crippen molar-refractivity contribution in [1.82, 2.24) is 4.90 Å². The second kappa shape index (κ2) is 5.04. The van der Waals surface area contributed by atoms with Crippen molar-refractivity contribution in [3.8, 4) is 0 Å². The van der Waals surface area contributed by atoms with Crippen molar-refractivity contribution in [1.29, 1.82) is 0 Å². The summed E-state index contributed by atoms with van der Waals surface area (Å²) in [7, 11) is 0. The number of hydrogen-bond acceptors (Lipinski definition) is 1. The normalized spacial score (nSPS) is 14.0. The molecule has 1 heterocycles. The van der Waals surface area contributed by atoms with Crippen LogP contribution in [0.5, 0.6) is 0 Å². The van der Waals surface area contributed by atoms with Gasteiger partial charge < -0.3 is 4.90 Å². The summed E-state index contributed by atoms with van der Waals surface area (Å²) in [6.07, 6.45) is 0.783. The van der Waals surface area contributed by atoms with Gasteiger partial charge in [-0.05, 0) is 35.7 Å². The highest BCUT2D eigenvalue weighted by Crippen LogP contribution is 2.20. The largest absolute Gasteiger partial charge is 0.334 e. The molecule has 0 aromatic heterocycles. The highest BCUT2D eigenvalue weighted by atomic mass is 19.2. The summed E-state index contributed by atoms with van der Waals surface area (Å²) in [5, 5.41) is 0. The van der Waals surface area contributed by atoms with Crippen LogP contribution in [0.2, 0.25) is 0 Å². The maximum atomic E-state index is 13.2. The van der Waals surface area contributed by atoms with Crippen LogP contribution in [-0.2, 0) is 13.0 Å². The summed E-state index contributed by atoms with van der Waals surface area (Å²) in [4.78, 5) is 14.0. The number of benzene rings is 2. The van der Waals surface area contributed by atoms with Crippen LogP contribution in [0.1, 0.15) is 21.5 Å². The minimum atomic E-state index is -0.992. The first kappa shape index (κ1) is 12.8. The minimum absolute atomic E-state index is 0.184. The number of fused-ring (bicyclic) bond motifs is 1. The lowest BCUT2D eigenvalue weighted by Gasteiger charge is -2.29. The van der Waals surface area contributed by atoms with Crippen molar-refractivity contribution >= 4 is 5.91 Å². The van der Waals surface area contributed by atoms with Crippen LogP contribution in [0.15, 0.2) is 42.5 Å². The molecule has 2 nitrogen and oxygen atoms in total. The minimum Gasteiger partial charge on any atom is -0.334 e. The third kappa shape index (κ3) is 2.29. The molecule has 1 aliphatic rings. The van der Waals surface area contributed by atoms with Gasteiger partial charge in [-0.25, -0.2) is 8.78 Å². The molecule has 2 aromatic rings. The number of hydrogen-bond donors (Lipinski definition) is 0. The van der Waals surface area contributed by atoms with Gasteiger partial charge >= 0.3 is 0 Å². The van der Waals surface area contributed by atoms with Crippen molar-refractivity contribution in [2.45, 2.75) is 13.0 Å². The van der Waals surface area contributed by atoms with Gasteiger partial charge in [-0.1, -0.05) is 24.3 Å². The molecule has 3 rings (SSSR count). The number of rotatable bonds is 1. The Kier molecular flexibility index (Phi) is 3.22. The van der Waals surface area contributed by atoms with Gasteiger partial charge in [0, 0.05) is 18.7 Å². The molecule has 0 saturated carbocycles. The second-order valence-corrected chi connectivity index (χ2v) is 4.87. The van der Waals surface area contributed by atoms with Crippen molar-refractivity contribution in [2.24, 2.45) is 0 Å². The summed E-state index contributed by atoms with van der Waals surface area (Å²) in [6, 6.07) is 11.2. The summed E-state index contributed by atoms with van der Waals surface area (Å²) >= 11 is 0. The van der Waals surface area contributed by atoms with Gasteiger partial charge in [0.25, 0.3) is 5.91 Å². The van der Waals surface area contributed by atoms with Gasteiger partial charge in [-0.3, -0.25) is 4.79 Å². The van der Waals surface area contributed by atoms with Crippen LogP contribution in [0.25, 0.3) is 0 Å². The quantitative estimate of drug-likeness (QED) is 0.781. The first-order valence-electron chi connectivity index (χ1n) is 6.46. The molecule has 0 bridgehead atoms. The summed E-state index contributed by atoms with van der Waals surface area (Å²) < 4.78 is 26.1. The SMILES string of the molecule is O=C(c1ccc(F)c(F)c1)N1CCc2ccccc2C1. The molecule has 1 amide bonds. The lowest BCUT2D eigenvalue weighted by molar-refractivity contribution is 0.0734. The molecule has 20 heavy (non-hydrogen) atoms. The van der Waals surface area contributed by atoms with Gasteiger partial charge in [0.05, 0.1) is 0 Å². The lowest BCUT2D eigenvalue weighted by atomic mass is 9.99. The van der Waals surface area contributed by atoms with Crippen LogP contribution >= 0.6 is 0 Å². The zero-order valence-corrected chi connectivity index (χ0v) is 10.8. The van der Waals surface area contributed by atoms with E-state index in [1.54, 1.807) is 4.90 Å². The number of halogens is 2. The molecular weight excluding hydrogens is 260 g/mol. The van der Waals surface area contributed by atoms with Gasteiger partial charge in [-0.15, -0.1) is 0 Å². The highest BCUT2D eigenvalue weighted by molar-refractivity contribution is 5.94. The predicted octanol–water partition coefficient (Wildman–Crippen LogP) is 3.16. The Labute approximate surface area is 115 Å². The van der Waals surface area contributed by atoms with E-state index in [0.717, 1.165) is 24.1 Å². The number of amides is 1. The molecule has 0 atom stereocenters. The van der Waals surface area contributed by atoms with Gasteiger partial charge in [0.1, 0.15) is 0 Å². The van der Waals surface area contributed by atoms with E-state index >= 15 is 0 Å². The topological polar surface area (TPSA) is 20.3 Å². The monoisotopic (exact) mass is 273 g/mol. The van der Waals surface area contributed by atoms with Crippen LogP contribution in [0.3, 0.4) is 0 Å². The van der Waals surface area contributed by atoms with Crippen molar-refractivity contribution in [3.05, 3.63) is 70.8 Å². The van der Waals surface area contributed by atoms with Crippen molar-refractivity contribution < 1.29 is 13.6 Å². The first-order valence-corrected chi connectivity index (χ1v) is 6.46. The maximum absolute atomic E-state index is 13.2. The average Bonchev–Trinajstić information content (AvgIpc) is 2.49. The van der Waals surface area contributed by atoms with Gasteiger partial charge in [0.2, 0.25) is 0 Å². The van der Waals surface area contributed by atoms with Gasteiger partial charge in [-0.2, -0.15) is 0 Å². The molecule has 0 N–H and O–H groups in total. The standard InChI is InChI=1S/C16H13F2NO/c17-14-6-5-12(9-15(14)18)16(20)19-8-7-11-3-1-2-4-13(11)10-19/h1-6,9H,7-8,10H2. The molecule has 102 valence electrons. The fraction of sp³-hybridized carbons (Fsp3) is 0.188. The lowest BCUT2D eigenvalue weighted by Crippen LogP contribution is -2.36. The van der Waals surface area contributed by atoms with E-state index in [4.69, 9.17) is 0 Å². The van der Waals surface area contributed by atoms with Crippen molar-refractivity contribution in [3.63, 3.8) is 0 Å². The molecular formula is C16H13F2NO. The Morgan fingerprint density at radius 1 is 1.00 bits per heavy atom. The molecule has 2 aromatic carbocycles. The molecule has 1 aliphatic heterocycles. The molecule has 0 spiro atoms. The third-order valence-electron chi connectivity index (χ3n) is 3.58. The van der Waals surface area contributed by atoms with E-state index in [2.05, 4.69) is 6.07 Å². The fourth-order valence-electron chi connectivity index (χ4n) is 2.48. The Hall–Kier alpha value is -2.23. The predicted molar refractivity (Wildman–Crippen MR) is 71.2 cm³/mol. The summed E-state index contributed by atoms with van der Waals surface area (Å²) in [5.41, 5.74) is 2.53. The maximum Gasteiger partial charge on any atom is 0.254 e. The van der Waals surface area contributed by atoms with Crippen LogP contribution in [-0.4, -0.2) is 17.4 Å². The molecule has 4 heteroatoms. The van der Waals surface area contributed by atoms with E-state index in [-0.39, 0.29) is 11.5 Å². The van der Waals surface area contributed by atoms with Crippen molar-refractivity contribution in [2.75, 3.05) is 6.54 Å².